The normalized spacial score (nSPS) is 10.5. The highest BCUT2D eigenvalue weighted by atomic mass is 16.5. The van der Waals surface area contributed by atoms with Gasteiger partial charge in [-0.05, 0) is 24.3 Å². The van der Waals surface area contributed by atoms with Crippen LogP contribution in [-0.2, 0) is 6.73 Å². The molecule has 2 N–H and O–H groups in total. The van der Waals surface area contributed by atoms with Gasteiger partial charge in [-0.1, -0.05) is 0 Å². The molecule has 90 valence electrons. The molecule has 1 heterocycles. The molecule has 0 spiro atoms. The minimum absolute atomic E-state index is 0.284. The molecule has 1 aromatic heterocycles. The van der Waals surface area contributed by atoms with Crippen molar-refractivity contribution in [3.63, 3.8) is 0 Å². The van der Waals surface area contributed by atoms with Crippen molar-refractivity contribution in [3.05, 3.63) is 40.9 Å². The van der Waals surface area contributed by atoms with Crippen molar-refractivity contribution in [1.82, 2.24) is 9.13 Å². The summed E-state index contributed by atoms with van der Waals surface area (Å²) in [7, 11) is 1.55. The maximum atomic E-state index is 11.8. The van der Waals surface area contributed by atoms with E-state index in [1.807, 2.05) is 0 Å². The highest BCUT2D eigenvalue weighted by molar-refractivity contribution is 5.38. The molecule has 0 unspecified atom stereocenters. The predicted octanol–water partition coefficient (Wildman–Crippen LogP) is 0.303. The minimum atomic E-state index is -0.562. The molecule has 6 nitrogen and oxygen atoms in total. The number of hydrogen-bond donors (Lipinski definition) is 2. The number of nitrogens with zero attached hydrogens (tertiary/aromatic N) is 2. The van der Waals surface area contributed by atoms with Crippen molar-refractivity contribution in [2.45, 2.75) is 6.73 Å². The van der Waals surface area contributed by atoms with Crippen LogP contribution in [0.15, 0.2) is 35.3 Å². The first-order valence-electron chi connectivity index (χ1n) is 4.94. The van der Waals surface area contributed by atoms with Crippen LogP contribution in [0.25, 0.3) is 5.69 Å². The number of hydrogen-bond acceptors (Lipinski definition) is 4. The molecule has 0 fully saturated rings. The second-order valence-corrected chi connectivity index (χ2v) is 3.41. The molecular weight excluding hydrogens is 224 g/mol. The molecule has 0 aliphatic rings. The van der Waals surface area contributed by atoms with Gasteiger partial charge in [0.2, 0.25) is 5.88 Å². The largest absolute Gasteiger partial charge is 0.497 e. The quantitative estimate of drug-likeness (QED) is 0.803. The maximum Gasteiger partial charge on any atom is 0.337 e. The van der Waals surface area contributed by atoms with Crippen LogP contribution in [0.4, 0.5) is 0 Å². The van der Waals surface area contributed by atoms with Crippen LogP contribution in [-0.4, -0.2) is 26.5 Å². The Labute approximate surface area is 96.9 Å². The van der Waals surface area contributed by atoms with Crippen LogP contribution >= 0.6 is 0 Å². The lowest BCUT2D eigenvalue weighted by atomic mass is 10.3. The van der Waals surface area contributed by atoms with Crippen LogP contribution in [0.1, 0.15) is 0 Å². The van der Waals surface area contributed by atoms with E-state index in [0.29, 0.717) is 11.4 Å². The SMILES string of the molecule is COc1ccc(-n2cc(O)n(CO)c2=O)cc1. The Morgan fingerprint density at radius 2 is 1.94 bits per heavy atom. The van der Waals surface area contributed by atoms with Crippen LogP contribution < -0.4 is 10.4 Å². The summed E-state index contributed by atoms with van der Waals surface area (Å²) >= 11 is 0. The topological polar surface area (TPSA) is 76.6 Å². The van der Waals surface area contributed by atoms with Crippen LogP contribution in [0, 0.1) is 0 Å². The molecule has 0 amide bonds. The van der Waals surface area contributed by atoms with Crippen LogP contribution in [0.3, 0.4) is 0 Å². The van der Waals surface area contributed by atoms with E-state index in [1.54, 1.807) is 31.4 Å². The van der Waals surface area contributed by atoms with Gasteiger partial charge in [0.25, 0.3) is 0 Å². The zero-order valence-corrected chi connectivity index (χ0v) is 9.20. The summed E-state index contributed by atoms with van der Waals surface area (Å²) in [6.45, 7) is -0.562. The molecule has 0 saturated heterocycles. The smallest absolute Gasteiger partial charge is 0.337 e. The average molecular weight is 236 g/mol. The monoisotopic (exact) mass is 236 g/mol. The van der Waals surface area contributed by atoms with Gasteiger partial charge in [0.05, 0.1) is 19.0 Å². The zero-order valence-electron chi connectivity index (χ0n) is 9.20. The van der Waals surface area contributed by atoms with Gasteiger partial charge in [0.15, 0.2) is 0 Å². The Balaban J connectivity index is 2.49. The molecular formula is C11H12N2O4. The van der Waals surface area contributed by atoms with E-state index in [1.165, 1.54) is 10.8 Å². The number of rotatable bonds is 3. The van der Waals surface area contributed by atoms with Crippen molar-refractivity contribution >= 4 is 0 Å². The number of aliphatic hydroxyl groups is 1. The fourth-order valence-electron chi connectivity index (χ4n) is 1.53. The standard InChI is InChI=1S/C11H12N2O4/c1-17-9-4-2-8(3-5-9)12-6-10(15)13(7-14)11(12)16/h2-6,14-15H,7H2,1H3. The van der Waals surface area contributed by atoms with Gasteiger partial charge in [-0.3, -0.25) is 4.57 Å². The van der Waals surface area contributed by atoms with Gasteiger partial charge in [-0.2, -0.15) is 0 Å². The third-order valence-electron chi connectivity index (χ3n) is 2.45. The van der Waals surface area contributed by atoms with Gasteiger partial charge in [-0.25, -0.2) is 9.36 Å². The summed E-state index contributed by atoms with van der Waals surface area (Å²) in [6.07, 6.45) is 1.25. The molecule has 2 aromatic rings. The second kappa shape index (κ2) is 4.34. The summed E-state index contributed by atoms with van der Waals surface area (Å²) in [6, 6.07) is 6.77. The van der Waals surface area contributed by atoms with Gasteiger partial charge >= 0.3 is 5.69 Å². The molecule has 6 heteroatoms. The first kappa shape index (κ1) is 11.3. The Bertz CT molecular complexity index is 568. The lowest BCUT2D eigenvalue weighted by molar-refractivity contribution is 0.192. The summed E-state index contributed by atoms with van der Waals surface area (Å²) in [5.74, 6) is 0.390. The molecule has 0 radical (unpaired) electrons. The van der Waals surface area contributed by atoms with E-state index in [4.69, 9.17) is 9.84 Å². The number of benzene rings is 1. The maximum absolute atomic E-state index is 11.8. The van der Waals surface area contributed by atoms with E-state index >= 15 is 0 Å². The van der Waals surface area contributed by atoms with E-state index in [9.17, 15) is 9.90 Å². The number of imidazole rings is 1. The Kier molecular flexibility index (Phi) is 2.88. The first-order chi connectivity index (χ1) is 8.17. The van der Waals surface area contributed by atoms with Crippen molar-refractivity contribution in [2.75, 3.05) is 7.11 Å². The molecule has 1 aromatic carbocycles. The van der Waals surface area contributed by atoms with E-state index < -0.39 is 12.4 Å². The Hall–Kier alpha value is -2.21. The van der Waals surface area contributed by atoms with Gasteiger partial charge in [0.1, 0.15) is 12.5 Å². The summed E-state index contributed by atoms with van der Waals surface area (Å²) in [5, 5.41) is 18.3. The third kappa shape index (κ3) is 1.90. The third-order valence-corrected chi connectivity index (χ3v) is 2.45. The highest BCUT2D eigenvalue weighted by Crippen LogP contribution is 2.15. The van der Waals surface area contributed by atoms with Gasteiger partial charge in [-0.15, -0.1) is 0 Å². The molecule has 0 saturated carbocycles. The number of methoxy groups -OCH3 is 1. The van der Waals surface area contributed by atoms with E-state index in [0.717, 1.165) is 4.57 Å². The molecule has 0 atom stereocenters. The molecule has 0 aliphatic carbocycles. The molecule has 0 aliphatic heterocycles. The highest BCUT2D eigenvalue weighted by Gasteiger charge is 2.10. The minimum Gasteiger partial charge on any atom is -0.497 e. The number of aromatic nitrogens is 2. The lowest BCUT2D eigenvalue weighted by Crippen LogP contribution is -2.22. The first-order valence-corrected chi connectivity index (χ1v) is 4.94. The number of aliphatic hydroxyl groups excluding tert-OH is 1. The zero-order chi connectivity index (χ0) is 12.4. The van der Waals surface area contributed by atoms with Crippen molar-refractivity contribution in [2.24, 2.45) is 0 Å². The Morgan fingerprint density at radius 3 is 2.41 bits per heavy atom. The predicted molar refractivity (Wildman–Crippen MR) is 60.5 cm³/mol. The fourth-order valence-corrected chi connectivity index (χ4v) is 1.53. The van der Waals surface area contributed by atoms with Crippen molar-refractivity contribution in [3.8, 4) is 17.3 Å². The molecule has 0 bridgehead atoms. The molecule has 17 heavy (non-hydrogen) atoms. The van der Waals surface area contributed by atoms with Gasteiger partial charge in [0, 0.05) is 0 Å². The fraction of sp³-hybridized carbons (Fsp3) is 0.182. The van der Waals surface area contributed by atoms with Crippen LogP contribution in [0.5, 0.6) is 11.6 Å². The van der Waals surface area contributed by atoms with E-state index in [2.05, 4.69) is 0 Å². The van der Waals surface area contributed by atoms with E-state index in [-0.39, 0.29) is 5.88 Å². The summed E-state index contributed by atoms with van der Waals surface area (Å²) in [4.78, 5) is 11.8. The lowest BCUT2D eigenvalue weighted by Gasteiger charge is -2.02. The summed E-state index contributed by atoms with van der Waals surface area (Å²) < 4.78 is 7.10. The van der Waals surface area contributed by atoms with Crippen LogP contribution in [0.2, 0.25) is 0 Å². The van der Waals surface area contributed by atoms with Gasteiger partial charge < -0.3 is 14.9 Å². The van der Waals surface area contributed by atoms with Crippen molar-refractivity contribution in [1.29, 1.82) is 0 Å². The van der Waals surface area contributed by atoms with Crippen molar-refractivity contribution < 1.29 is 14.9 Å². The average Bonchev–Trinajstić information content (AvgIpc) is 2.64. The Morgan fingerprint density at radius 1 is 1.29 bits per heavy atom. The number of aromatic hydroxyl groups is 1. The molecule has 2 rings (SSSR count). The second-order valence-electron chi connectivity index (χ2n) is 3.41. The summed E-state index contributed by atoms with van der Waals surface area (Å²) in [5.41, 5.74) is 0.0773. The number of ether oxygens (including phenoxy) is 1.